The number of hydrogen-bond acceptors (Lipinski definition) is 2. The molecule has 0 bridgehead atoms. The lowest BCUT2D eigenvalue weighted by Gasteiger charge is -2.11. The van der Waals surface area contributed by atoms with Gasteiger partial charge in [0.25, 0.3) is 0 Å². The van der Waals surface area contributed by atoms with E-state index in [0.29, 0.717) is 11.6 Å². The number of halogens is 1. The van der Waals surface area contributed by atoms with Gasteiger partial charge >= 0.3 is 0 Å². The Balaban J connectivity index is 2.15. The van der Waals surface area contributed by atoms with E-state index >= 15 is 0 Å². The van der Waals surface area contributed by atoms with Gasteiger partial charge in [-0.15, -0.1) is 0 Å². The molecule has 3 nitrogen and oxygen atoms in total. The van der Waals surface area contributed by atoms with Crippen LogP contribution in [-0.4, -0.2) is 22.6 Å². The maximum Gasteiger partial charge on any atom is 0.151 e. The van der Waals surface area contributed by atoms with Crippen LogP contribution in [0.2, 0.25) is 0 Å². The molecular formula is C11H12FN3. The number of nitrogens with one attached hydrogen (secondary N) is 1. The van der Waals surface area contributed by atoms with Crippen LogP contribution in [0.3, 0.4) is 0 Å². The van der Waals surface area contributed by atoms with Gasteiger partial charge in [-0.1, -0.05) is 6.07 Å². The van der Waals surface area contributed by atoms with Crippen LogP contribution in [0, 0.1) is 5.82 Å². The third-order valence-electron chi connectivity index (χ3n) is 2.98. The van der Waals surface area contributed by atoms with Crippen LogP contribution in [0.15, 0.2) is 24.5 Å². The first-order valence-electron chi connectivity index (χ1n) is 5.18. The molecule has 0 amide bonds. The molecule has 1 aliphatic heterocycles. The Morgan fingerprint density at radius 2 is 2.40 bits per heavy atom. The minimum absolute atomic E-state index is 0.239. The van der Waals surface area contributed by atoms with Gasteiger partial charge in [-0.25, -0.2) is 9.37 Å². The van der Waals surface area contributed by atoms with Crippen molar-refractivity contribution in [3.8, 4) is 0 Å². The van der Waals surface area contributed by atoms with Gasteiger partial charge in [0.05, 0.1) is 11.8 Å². The van der Waals surface area contributed by atoms with Crippen molar-refractivity contribution in [3.05, 3.63) is 30.3 Å². The molecule has 0 aliphatic carbocycles. The zero-order chi connectivity index (χ0) is 10.3. The van der Waals surface area contributed by atoms with Crippen LogP contribution in [-0.2, 0) is 0 Å². The van der Waals surface area contributed by atoms with Crippen molar-refractivity contribution in [1.82, 2.24) is 14.9 Å². The van der Waals surface area contributed by atoms with E-state index in [1.165, 1.54) is 6.07 Å². The normalized spacial score (nSPS) is 21.3. The van der Waals surface area contributed by atoms with Crippen LogP contribution in [0.4, 0.5) is 4.39 Å². The molecule has 78 valence electrons. The predicted molar refractivity (Wildman–Crippen MR) is 56.2 cm³/mol. The summed E-state index contributed by atoms with van der Waals surface area (Å²) in [7, 11) is 0. The van der Waals surface area contributed by atoms with E-state index in [1.807, 2.05) is 6.07 Å². The summed E-state index contributed by atoms with van der Waals surface area (Å²) in [5, 5.41) is 3.30. The van der Waals surface area contributed by atoms with Crippen LogP contribution in [0.25, 0.3) is 11.0 Å². The molecule has 1 N–H and O–H groups in total. The summed E-state index contributed by atoms with van der Waals surface area (Å²) in [6.07, 6.45) is 2.83. The number of para-hydroxylation sites is 1. The highest BCUT2D eigenvalue weighted by Crippen LogP contribution is 2.23. The quantitative estimate of drug-likeness (QED) is 0.768. The van der Waals surface area contributed by atoms with Gasteiger partial charge in [0, 0.05) is 12.6 Å². The Bertz CT molecular complexity index is 486. The Labute approximate surface area is 86.9 Å². The highest BCUT2D eigenvalue weighted by atomic mass is 19.1. The number of fused-ring (bicyclic) bond motifs is 1. The first kappa shape index (κ1) is 8.85. The van der Waals surface area contributed by atoms with Crippen molar-refractivity contribution >= 4 is 11.0 Å². The van der Waals surface area contributed by atoms with E-state index in [9.17, 15) is 4.39 Å². The molecule has 15 heavy (non-hydrogen) atoms. The van der Waals surface area contributed by atoms with Gasteiger partial charge in [-0.3, -0.25) is 0 Å². The van der Waals surface area contributed by atoms with Crippen molar-refractivity contribution in [2.75, 3.05) is 13.1 Å². The number of aromatic nitrogens is 2. The number of nitrogens with zero attached hydrogens (tertiary/aromatic N) is 2. The second-order valence-electron chi connectivity index (χ2n) is 3.91. The van der Waals surface area contributed by atoms with E-state index in [2.05, 4.69) is 14.9 Å². The van der Waals surface area contributed by atoms with Crippen molar-refractivity contribution in [1.29, 1.82) is 0 Å². The average Bonchev–Trinajstić information content (AvgIpc) is 2.85. The minimum Gasteiger partial charge on any atom is -0.326 e. The summed E-state index contributed by atoms with van der Waals surface area (Å²) >= 11 is 0. The molecule has 2 aromatic rings. The third kappa shape index (κ3) is 1.33. The molecule has 4 heteroatoms. The maximum atomic E-state index is 13.4. The van der Waals surface area contributed by atoms with E-state index in [-0.39, 0.29) is 5.82 Å². The molecular weight excluding hydrogens is 193 g/mol. The van der Waals surface area contributed by atoms with Gasteiger partial charge in [0.1, 0.15) is 5.52 Å². The number of rotatable bonds is 1. The Morgan fingerprint density at radius 3 is 3.20 bits per heavy atom. The van der Waals surface area contributed by atoms with Gasteiger partial charge in [0.15, 0.2) is 5.82 Å². The molecule has 1 fully saturated rings. The lowest BCUT2D eigenvalue weighted by molar-refractivity contribution is 0.561. The first-order chi connectivity index (χ1) is 7.36. The summed E-state index contributed by atoms with van der Waals surface area (Å²) in [5.74, 6) is -0.239. The monoisotopic (exact) mass is 205 g/mol. The lowest BCUT2D eigenvalue weighted by atomic mass is 10.2. The maximum absolute atomic E-state index is 13.4. The average molecular weight is 205 g/mol. The summed E-state index contributed by atoms with van der Waals surface area (Å²) in [6, 6.07) is 5.52. The van der Waals surface area contributed by atoms with Gasteiger partial charge in [-0.2, -0.15) is 0 Å². The van der Waals surface area contributed by atoms with Crippen molar-refractivity contribution in [2.24, 2.45) is 0 Å². The largest absolute Gasteiger partial charge is 0.326 e. The molecule has 0 saturated carbocycles. The van der Waals surface area contributed by atoms with Crippen LogP contribution >= 0.6 is 0 Å². The molecule has 1 unspecified atom stereocenters. The van der Waals surface area contributed by atoms with Crippen molar-refractivity contribution in [2.45, 2.75) is 12.5 Å². The van der Waals surface area contributed by atoms with E-state index in [0.717, 1.165) is 25.0 Å². The van der Waals surface area contributed by atoms with E-state index in [4.69, 9.17) is 0 Å². The fraction of sp³-hybridized carbons (Fsp3) is 0.364. The zero-order valence-corrected chi connectivity index (χ0v) is 8.28. The highest BCUT2D eigenvalue weighted by molar-refractivity contribution is 5.75. The van der Waals surface area contributed by atoms with Crippen LogP contribution in [0.5, 0.6) is 0 Å². The number of benzene rings is 1. The third-order valence-corrected chi connectivity index (χ3v) is 2.98. The smallest absolute Gasteiger partial charge is 0.151 e. The Morgan fingerprint density at radius 1 is 1.47 bits per heavy atom. The fourth-order valence-corrected chi connectivity index (χ4v) is 2.19. The molecule has 3 rings (SSSR count). The molecule has 1 saturated heterocycles. The molecule has 1 aromatic heterocycles. The molecule has 1 aliphatic rings. The van der Waals surface area contributed by atoms with Crippen LogP contribution in [0.1, 0.15) is 12.5 Å². The van der Waals surface area contributed by atoms with Gasteiger partial charge in [-0.05, 0) is 25.1 Å². The van der Waals surface area contributed by atoms with E-state index < -0.39 is 0 Å². The SMILES string of the molecule is Fc1cccc2c1ncn2C1CCNC1. The predicted octanol–water partition coefficient (Wildman–Crippen LogP) is 1.71. The van der Waals surface area contributed by atoms with Crippen LogP contribution < -0.4 is 5.32 Å². The molecule has 1 atom stereocenters. The Hall–Kier alpha value is -1.42. The standard InChI is InChI=1S/C11H12FN3/c12-9-2-1-3-10-11(9)14-7-15(10)8-4-5-13-6-8/h1-3,7-8,13H,4-6H2. The molecule has 0 radical (unpaired) electrons. The number of hydrogen-bond donors (Lipinski definition) is 1. The highest BCUT2D eigenvalue weighted by Gasteiger charge is 2.18. The second kappa shape index (κ2) is 3.31. The number of imidazole rings is 1. The summed E-state index contributed by atoms with van der Waals surface area (Å²) in [4.78, 5) is 4.12. The molecule has 0 spiro atoms. The molecule has 2 heterocycles. The summed E-state index contributed by atoms with van der Waals surface area (Å²) < 4.78 is 15.5. The fourth-order valence-electron chi connectivity index (χ4n) is 2.19. The van der Waals surface area contributed by atoms with Crippen molar-refractivity contribution < 1.29 is 4.39 Å². The van der Waals surface area contributed by atoms with Crippen molar-refractivity contribution in [3.63, 3.8) is 0 Å². The first-order valence-corrected chi connectivity index (χ1v) is 5.18. The zero-order valence-electron chi connectivity index (χ0n) is 8.28. The topological polar surface area (TPSA) is 29.9 Å². The summed E-state index contributed by atoms with van der Waals surface area (Å²) in [6.45, 7) is 1.97. The lowest BCUT2D eigenvalue weighted by Crippen LogP contribution is -2.12. The Kier molecular flexibility index (Phi) is 1.95. The minimum atomic E-state index is -0.239. The second-order valence-corrected chi connectivity index (χ2v) is 3.91. The van der Waals surface area contributed by atoms with Gasteiger partial charge in [0.2, 0.25) is 0 Å². The van der Waals surface area contributed by atoms with E-state index in [1.54, 1.807) is 12.4 Å². The summed E-state index contributed by atoms with van der Waals surface area (Å²) in [5.41, 5.74) is 1.37. The molecule has 1 aromatic carbocycles. The van der Waals surface area contributed by atoms with Gasteiger partial charge < -0.3 is 9.88 Å².